The summed E-state index contributed by atoms with van der Waals surface area (Å²) in [5.41, 5.74) is 2.29. The van der Waals surface area contributed by atoms with Crippen LogP contribution in [0.4, 0.5) is 4.79 Å². The number of carbonyl (C=O) groups excluding carboxylic acids is 1. The Kier molecular flexibility index (Phi) is 6.41. The molecular formula is C18H23N3O2. The molecule has 5 heteroatoms. The lowest BCUT2D eigenvalue weighted by Gasteiger charge is -2.10. The molecule has 0 fully saturated rings. The maximum absolute atomic E-state index is 11.7. The van der Waals surface area contributed by atoms with Crippen molar-refractivity contribution in [1.82, 2.24) is 15.6 Å². The molecule has 0 saturated carbocycles. The van der Waals surface area contributed by atoms with Gasteiger partial charge in [-0.05, 0) is 41.3 Å². The molecule has 0 aliphatic heterocycles. The van der Waals surface area contributed by atoms with Crippen LogP contribution in [0.5, 0.6) is 5.75 Å². The molecule has 1 aromatic heterocycles. The summed E-state index contributed by atoms with van der Waals surface area (Å²) in [7, 11) is 0. The molecule has 122 valence electrons. The van der Waals surface area contributed by atoms with Crippen LogP contribution in [0.25, 0.3) is 0 Å². The molecule has 0 bridgehead atoms. The number of rotatable bonds is 7. The number of hydrogen-bond donors (Lipinski definition) is 2. The van der Waals surface area contributed by atoms with E-state index in [0.29, 0.717) is 25.6 Å². The Morgan fingerprint density at radius 1 is 1.09 bits per heavy atom. The molecule has 0 atom stereocenters. The first-order valence-corrected chi connectivity index (χ1v) is 7.78. The molecule has 0 aliphatic carbocycles. The first kappa shape index (κ1) is 16.8. The minimum atomic E-state index is -0.208. The molecule has 0 radical (unpaired) electrons. The number of aromatic nitrogens is 1. The van der Waals surface area contributed by atoms with E-state index in [4.69, 9.17) is 4.74 Å². The Morgan fingerprint density at radius 3 is 2.43 bits per heavy atom. The molecule has 0 unspecified atom stereocenters. The van der Waals surface area contributed by atoms with E-state index in [-0.39, 0.29) is 6.03 Å². The molecule has 5 nitrogen and oxygen atoms in total. The highest BCUT2D eigenvalue weighted by molar-refractivity contribution is 5.73. The summed E-state index contributed by atoms with van der Waals surface area (Å²) in [6.07, 6.45) is 3.40. The van der Waals surface area contributed by atoms with Gasteiger partial charge in [0.05, 0.1) is 6.54 Å². The maximum Gasteiger partial charge on any atom is 0.315 e. The van der Waals surface area contributed by atoms with Crippen LogP contribution in [-0.4, -0.2) is 24.2 Å². The number of nitrogens with one attached hydrogen (secondary N) is 2. The van der Waals surface area contributed by atoms with Crippen LogP contribution in [0.2, 0.25) is 0 Å². The number of pyridine rings is 1. The summed E-state index contributed by atoms with van der Waals surface area (Å²) in [6, 6.07) is 11.6. The smallest absolute Gasteiger partial charge is 0.315 e. The van der Waals surface area contributed by atoms with Gasteiger partial charge in [-0.2, -0.15) is 0 Å². The summed E-state index contributed by atoms with van der Waals surface area (Å²) in [4.78, 5) is 15.6. The van der Waals surface area contributed by atoms with E-state index in [2.05, 4.69) is 41.6 Å². The fourth-order valence-corrected chi connectivity index (χ4v) is 2.03. The zero-order valence-electron chi connectivity index (χ0n) is 13.6. The van der Waals surface area contributed by atoms with Crippen molar-refractivity contribution in [1.29, 1.82) is 0 Å². The normalized spacial score (nSPS) is 10.4. The summed E-state index contributed by atoms with van der Waals surface area (Å²) in [6.45, 7) is 5.68. The summed E-state index contributed by atoms with van der Waals surface area (Å²) < 4.78 is 5.60. The quantitative estimate of drug-likeness (QED) is 0.772. The Morgan fingerprint density at radius 2 is 1.78 bits per heavy atom. The Balaban J connectivity index is 1.62. The number of amides is 2. The van der Waals surface area contributed by atoms with Gasteiger partial charge in [-0.1, -0.05) is 26.0 Å². The largest absolute Gasteiger partial charge is 0.492 e. The molecule has 2 aromatic rings. The fourth-order valence-electron chi connectivity index (χ4n) is 2.03. The van der Waals surface area contributed by atoms with Gasteiger partial charge in [-0.15, -0.1) is 0 Å². The van der Waals surface area contributed by atoms with E-state index in [1.165, 1.54) is 5.56 Å². The zero-order valence-corrected chi connectivity index (χ0v) is 13.6. The first-order chi connectivity index (χ1) is 11.1. The van der Waals surface area contributed by atoms with E-state index in [1.807, 2.05) is 24.3 Å². The molecule has 0 spiro atoms. The zero-order chi connectivity index (χ0) is 16.5. The van der Waals surface area contributed by atoms with Crippen LogP contribution >= 0.6 is 0 Å². The van der Waals surface area contributed by atoms with Crippen molar-refractivity contribution in [2.24, 2.45) is 0 Å². The van der Waals surface area contributed by atoms with Crippen LogP contribution in [0, 0.1) is 0 Å². The number of ether oxygens (including phenoxy) is 1. The summed E-state index contributed by atoms with van der Waals surface area (Å²) >= 11 is 0. The van der Waals surface area contributed by atoms with E-state index < -0.39 is 0 Å². The predicted molar refractivity (Wildman–Crippen MR) is 90.5 cm³/mol. The van der Waals surface area contributed by atoms with Crippen molar-refractivity contribution < 1.29 is 9.53 Å². The molecule has 2 N–H and O–H groups in total. The third kappa shape index (κ3) is 5.98. The highest BCUT2D eigenvalue weighted by atomic mass is 16.5. The molecule has 23 heavy (non-hydrogen) atoms. The molecule has 1 heterocycles. The Bertz CT molecular complexity index is 597. The SMILES string of the molecule is CC(C)c1ccc(OCCNC(=O)NCc2ccncc2)cc1. The van der Waals surface area contributed by atoms with Crippen molar-refractivity contribution in [3.8, 4) is 5.75 Å². The average Bonchev–Trinajstić information content (AvgIpc) is 2.58. The van der Waals surface area contributed by atoms with Gasteiger partial charge in [0.15, 0.2) is 0 Å². The molecule has 0 saturated heterocycles. The molecule has 0 aliphatic rings. The topological polar surface area (TPSA) is 63.2 Å². The number of nitrogens with zero attached hydrogens (tertiary/aromatic N) is 1. The summed E-state index contributed by atoms with van der Waals surface area (Å²) in [5.74, 6) is 1.32. The predicted octanol–water partition coefficient (Wildman–Crippen LogP) is 3.08. The van der Waals surface area contributed by atoms with E-state index in [0.717, 1.165) is 11.3 Å². The minimum Gasteiger partial charge on any atom is -0.492 e. The van der Waals surface area contributed by atoms with Crippen LogP contribution in [0.1, 0.15) is 30.9 Å². The number of carbonyl (C=O) groups is 1. The van der Waals surface area contributed by atoms with Gasteiger partial charge in [0, 0.05) is 18.9 Å². The van der Waals surface area contributed by atoms with Crippen molar-refractivity contribution in [3.05, 3.63) is 59.9 Å². The Hall–Kier alpha value is -2.56. The fraction of sp³-hybridized carbons (Fsp3) is 0.333. The minimum absolute atomic E-state index is 0.208. The van der Waals surface area contributed by atoms with E-state index in [1.54, 1.807) is 12.4 Å². The van der Waals surface area contributed by atoms with Crippen LogP contribution < -0.4 is 15.4 Å². The molecule has 1 aromatic carbocycles. The van der Waals surface area contributed by atoms with E-state index >= 15 is 0 Å². The van der Waals surface area contributed by atoms with Gasteiger partial charge in [0.25, 0.3) is 0 Å². The maximum atomic E-state index is 11.7. The summed E-state index contributed by atoms with van der Waals surface area (Å²) in [5, 5.41) is 5.55. The van der Waals surface area contributed by atoms with Gasteiger partial charge >= 0.3 is 6.03 Å². The number of hydrogen-bond acceptors (Lipinski definition) is 3. The van der Waals surface area contributed by atoms with Crippen LogP contribution in [0.3, 0.4) is 0 Å². The Labute approximate surface area is 137 Å². The molecular weight excluding hydrogens is 290 g/mol. The van der Waals surface area contributed by atoms with Gasteiger partial charge in [0.1, 0.15) is 12.4 Å². The number of benzene rings is 1. The standard InChI is InChI=1S/C18H23N3O2/c1-14(2)16-3-5-17(6-4-16)23-12-11-20-18(22)21-13-15-7-9-19-10-8-15/h3-10,14H,11-13H2,1-2H3,(H2,20,21,22). The van der Waals surface area contributed by atoms with Crippen molar-refractivity contribution in [2.45, 2.75) is 26.3 Å². The van der Waals surface area contributed by atoms with Crippen molar-refractivity contribution in [2.75, 3.05) is 13.2 Å². The van der Waals surface area contributed by atoms with Crippen LogP contribution in [0.15, 0.2) is 48.8 Å². The second kappa shape index (κ2) is 8.78. The lowest BCUT2D eigenvalue weighted by atomic mass is 10.0. The van der Waals surface area contributed by atoms with Crippen molar-refractivity contribution in [3.63, 3.8) is 0 Å². The molecule has 2 rings (SSSR count). The van der Waals surface area contributed by atoms with Gasteiger partial charge < -0.3 is 15.4 Å². The highest BCUT2D eigenvalue weighted by Gasteiger charge is 2.01. The van der Waals surface area contributed by atoms with Crippen molar-refractivity contribution >= 4 is 6.03 Å². The third-order valence-electron chi connectivity index (χ3n) is 3.41. The second-order valence-electron chi connectivity index (χ2n) is 5.54. The van der Waals surface area contributed by atoms with Gasteiger partial charge in [0.2, 0.25) is 0 Å². The second-order valence-corrected chi connectivity index (χ2v) is 5.54. The van der Waals surface area contributed by atoms with Crippen LogP contribution in [-0.2, 0) is 6.54 Å². The lowest BCUT2D eigenvalue weighted by molar-refractivity contribution is 0.236. The monoisotopic (exact) mass is 313 g/mol. The van der Waals surface area contributed by atoms with Gasteiger partial charge in [-0.3, -0.25) is 4.98 Å². The highest BCUT2D eigenvalue weighted by Crippen LogP contribution is 2.18. The molecule has 2 amide bonds. The van der Waals surface area contributed by atoms with E-state index in [9.17, 15) is 4.79 Å². The number of urea groups is 1. The first-order valence-electron chi connectivity index (χ1n) is 7.78. The average molecular weight is 313 g/mol. The third-order valence-corrected chi connectivity index (χ3v) is 3.41. The lowest BCUT2D eigenvalue weighted by Crippen LogP contribution is -2.37. The van der Waals surface area contributed by atoms with Gasteiger partial charge in [-0.25, -0.2) is 4.79 Å².